The fraction of sp³-hybridized carbons (Fsp3) is 0.424. The van der Waals surface area contributed by atoms with Crippen molar-refractivity contribution in [2.24, 2.45) is 0 Å². The molecule has 0 bridgehead atoms. The highest BCUT2D eigenvalue weighted by atomic mass is 35.5. The molecule has 0 radical (unpaired) electrons. The van der Waals surface area contributed by atoms with Crippen molar-refractivity contribution >= 4 is 34.3 Å². The SMILES string of the molecule is COc1cc(C(=O)O)cc2c1nc(CN1CCN(c3cccc4c3O[C@](C)(c3ccc(Cl)cn3)O4)[C@H]3COC[C@H]31)n2C[C@@H]1CCO1. The number of carboxylic acids is 1. The molecule has 4 aliphatic rings. The number of anilines is 1. The molecule has 1 N–H and O–H groups in total. The van der Waals surface area contributed by atoms with E-state index < -0.39 is 11.8 Å². The van der Waals surface area contributed by atoms with Gasteiger partial charge in [-0.05, 0) is 42.8 Å². The van der Waals surface area contributed by atoms with Crippen LogP contribution in [0, 0.1) is 0 Å². The van der Waals surface area contributed by atoms with E-state index in [4.69, 9.17) is 40.3 Å². The monoisotopic (exact) mass is 647 g/mol. The maximum absolute atomic E-state index is 11.9. The number of ether oxygens (including phenoxy) is 5. The average molecular weight is 648 g/mol. The Hall–Kier alpha value is -4.10. The minimum absolute atomic E-state index is 0.0613. The smallest absolute Gasteiger partial charge is 0.335 e. The summed E-state index contributed by atoms with van der Waals surface area (Å²) in [6.07, 6.45) is 2.60. The van der Waals surface area contributed by atoms with Gasteiger partial charge in [0.05, 0.1) is 73.4 Å². The molecule has 0 saturated carbocycles. The van der Waals surface area contributed by atoms with Gasteiger partial charge in [-0.2, -0.15) is 0 Å². The molecule has 8 rings (SSSR count). The number of methoxy groups -OCH3 is 1. The van der Waals surface area contributed by atoms with Gasteiger partial charge >= 0.3 is 5.97 Å². The normalized spacial score (nSPS) is 25.5. The molecule has 13 heteroatoms. The molecule has 0 amide bonds. The number of hydrogen-bond acceptors (Lipinski definition) is 10. The summed E-state index contributed by atoms with van der Waals surface area (Å²) in [5.74, 6) is 0.538. The summed E-state index contributed by atoms with van der Waals surface area (Å²) in [7, 11) is 1.54. The molecule has 2 aromatic carbocycles. The first-order chi connectivity index (χ1) is 22.3. The number of piperazine rings is 1. The lowest BCUT2D eigenvalue weighted by Gasteiger charge is -2.44. The number of fused-ring (bicyclic) bond motifs is 3. The predicted molar refractivity (Wildman–Crippen MR) is 168 cm³/mol. The second-order valence-corrected chi connectivity index (χ2v) is 12.7. The van der Waals surface area contributed by atoms with Gasteiger partial charge in [-0.25, -0.2) is 9.78 Å². The van der Waals surface area contributed by atoms with Crippen molar-refractivity contribution < 1.29 is 33.6 Å². The highest BCUT2D eigenvalue weighted by Crippen LogP contribution is 2.50. The summed E-state index contributed by atoms with van der Waals surface area (Å²) in [4.78, 5) is 26.2. The van der Waals surface area contributed by atoms with Crippen molar-refractivity contribution in [2.75, 3.05) is 44.9 Å². The van der Waals surface area contributed by atoms with Gasteiger partial charge in [0, 0.05) is 32.8 Å². The maximum Gasteiger partial charge on any atom is 0.335 e. The molecule has 2 aromatic heterocycles. The zero-order chi connectivity index (χ0) is 31.6. The molecular weight excluding hydrogens is 614 g/mol. The number of aromatic nitrogens is 3. The van der Waals surface area contributed by atoms with Gasteiger partial charge in [0.25, 0.3) is 5.79 Å². The molecule has 0 spiro atoms. The molecule has 0 unspecified atom stereocenters. The lowest BCUT2D eigenvalue weighted by Crippen LogP contribution is -2.59. The highest BCUT2D eigenvalue weighted by molar-refractivity contribution is 6.30. The van der Waals surface area contributed by atoms with Gasteiger partial charge in [-0.15, -0.1) is 0 Å². The number of halogens is 1. The predicted octanol–water partition coefficient (Wildman–Crippen LogP) is 4.31. The Labute approximate surface area is 270 Å². The molecule has 0 aliphatic carbocycles. The average Bonchev–Trinajstić information content (AvgIpc) is 3.74. The Morgan fingerprint density at radius 3 is 2.74 bits per heavy atom. The number of aromatic carboxylic acids is 1. The van der Waals surface area contributed by atoms with Gasteiger partial charge in [0.2, 0.25) is 0 Å². The summed E-state index contributed by atoms with van der Waals surface area (Å²) in [5.41, 5.74) is 3.13. The largest absolute Gasteiger partial charge is 0.494 e. The molecule has 3 saturated heterocycles. The van der Waals surface area contributed by atoms with Crippen LogP contribution in [0.15, 0.2) is 48.7 Å². The van der Waals surface area contributed by atoms with E-state index in [1.165, 1.54) is 13.2 Å². The van der Waals surface area contributed by atoms with Crippen LogP contribution in [0.4, 0.5) is 5.69 Å². The van der Waals surface area contributed by atoms with Crippen LogP contribution in [0.1, 0.15) is 35.2 Å². The summed E-state index contributed by atoms with van der Waals surface area (Å²) in [6, 6.07) is 12.9. The number of benzene rings is 2. The quantitative estimate of drug-likeness (QED) is 0.294. The van der Waals surface area contributed by atoms with E-state index in [-0.39, 0.29) is 23.8 Å². The van der Waals surface area contributed by atoms with Crippen LogP contribution >= 0.6 is 11.6 Å². The summed E-state index contributed by atoms with van der Waals surface area (Å²) >= 11 is 6.08. The first-order valence-corrected chi connectivity index (χ1v) is 15.8. The van der Waals surface area contributed by atoms with Gasteiger partial charge in [-0.3, -0.25) is 9.88 Å². The van der Waals surface area contributed by atoms with Crippen molar-refractivity contribution in [2.45, 2.75) is 50.4 Å². The van der Waals surface area contributed by atoms with Crippen molar-refractivity contribution in [1.82, 2.24) is 19.4 Å². The Morgan fingerprint density at radius 1 is 1.15 bits per heavy atom. The number of imidazole rings is 1. The molecule has 46 heavy (non-hydrogen) atoms. The van der Waals surface area contributed by atoms with Crippen LogP contribution in [0.3, 0.4) is 0 Å². The van der Waals surface area contributed by atoms with E-state index in [1.54, 1.807) is 18.3 Å². The third-order valence-corrected chi connectivity index (χ3v) is 9.69. The fourth-order valence-electron chi connectivity index (χ4n) is 6.99. The number of para-hydroxylation sites is 1. The van der Waals surface area contributed by atoms with Crippen molar-refractivity contribution in [3.05, 3.63) is 70.8 Å². The zero-order valence-corrected chi connectivity index (χ0v) is 26.3. The first-order valence-electron chi connectivity index (χ1n) is 15.4. The summed E-state index contributed by atoms with van der Waals surface area (Å²) in [5, 5.41) is 10.3. The Kier molecular flexibility index (Phi) is 7.20. The van der Waals surface area contributed by atoms with Gasteiger partial charge in [0.15, 0.2) is 11.5 Å². The van der Waals surface area contributed by atoms with Crippen molar-refractivity contribution in [1.29, 1.82) is 0 Å². The van der Waals surface area contributed by atoms with E-state index >= 15 is 0 Å². The molecule has 4 aromatic rings. The highest BCUT2D eigenvalue weighted by Gasteiger charge is 2.46. The molecule has 4 atom stereocenters. The second kappa shape index (κ2) is 11.3. The van der Waals surface area contributed by atoms with Crippen LogP contribution in [-0.2, 0) is 28.4 Å². The lowest BCUT2D eigenvalue weighted by atomic mass is 10.0. The number of pyridine rings is 1. The number of carbonyl (C=O) groups is 1. The standard InChI is InChI=1S/C33H34ClN5O7/c1-33(28-7-6-20(34)14-35-28)45-26-5-3-4-22(31(26)46-33)38-10-9-37(24-17-43-18-25(24)38)16-29-36-30-23(39(29)15-21-8-11-44-21)12-19(32(40)41)13-27(30)42-2/h3-7,12-14,21,24-25H,8-11,15-18H2,1-2H3,(H,40,41)/t21-,24+,25-,33+/m0/s1. The maximum atomic E-state index is 11.9. The minimum atomic E-state index is -1.08. The van der Waals surface area contributed by atoms with E-state index in [0.29, 0.717) is 59.8 Å². The van der Waals surface area contributed by atoms with Crippen LogP contribution in [-0.4, -0.2) is 88.7 Å². The molecule has 6 heterocycles. The van der Waals surface area contributed by atoms with E-state index in [0.717, 1.165) is 43.1 Å². The zero-order valence-electron chi connectivity index (χ0n) is 25.5. The Balaban J connectivity index is 1.08. The summed E-state index contributed by atoms with van der Waals surface area (Å²) < 4.78 is 32.4. The first kappa shape index (κ1) is 29.3. The van der Waals surface area contributed by atoms with Gasteiger partial charge in [0.1, 0.15) is 22.8 Å². The van der Waals surface area contributed by atoms with Crippen LogP contribution in [0.25, 0.3) is 11.0 Å². The topological polar surface area (TPSA) is 121 Å². The number of carboxylic acid groups (broad SMARTS) is 1. The third-order valence-electron chi connectivity index (χ3n) is 9.47. The van der Waals surface area contributed by atoms with Gasteiger partial charge in [-0.1, -0.05) is 17.7 Å². The number of nitrogens with zero attached hydrogens (tertiary/aromatic N) is 5. The van der Waals surface area contributed by atoms with Crippen LogP contribution < -0.4 is 19.1 Å². The lowest BCUT2D eigenvalue weighted by molar-refractivity contribution is -0.0716. The van der Waals surface area contributed by atoms with Crippen LogP contribution in [0.2, 0.25) is 5.02 Å². The molecular formula is C33H34ClN5O7. The van der Waals surface area contributed by atoms with E-state index in [1.807, 2.05) is 25.1 Å². The van der Waals surface area contributed by atoms with Crippen LogP contribution in [0.5, 0.6) is 17.2 Å². The molecule has 3 fully saturated rings. The number of rotatable bonds is 8. The van der Waals surface area contributed by atoms with Crippen molar-refractivity contribution in [3.8, 4) is 17.2 Å². The van der Waals surface area contributed by atoms with Gasteiger partial charge < -0.3 is 38.3 Å². The summed E-state index contributed by atoms with van der Waals surface area (Å²) in [6.45, 7) is 6.40. The minimum Gasteiger partial charge on any atom is -0.494 e. The Bertz CT molecular complexity index is 1810. The molecule has 12 nitrogen and oxygen atoms in total. The fourth-order valence-corrected chi connectivity index (χ4v) is 7.10. The second-order valence-electron chi connectivity index (χ2n) is 12.2. The van der Waals surface area contributed by atoms with E-state index in [9.17, 15) is 9.90 Å². The number of hydrogen-bond donors (Lipinski definition) is 1. The van der Waals surface area contributed by atoms with Crippen molar-refractivity contribution in [3.63, 3.8) is 0 Å². The third kappa shape index (κ3) is 4.91. The Morgan fingerprint density at radius 2 is 2.00 bits per heavy atom. The molecule has 4 aliphatic heterocycles. The molecule has 240 valence electrons. The van der Waals surface area contributed by atoms with E-state index in [2.05, 4.69) is 25.4 Å².